The molecule has 0 bridgehead atoms. The number of carboxylic acid groups (broad SMARTS) is 10. The Hall–Kier alpha value is -8.70. The smallest absolute Gasteiger partial charge is 0.332 e. The van der Waals surface area contributed by atoms with Gasteiger partial charge in [-0.1, -0.05) is 59.2 Å². The summed E-state index contributed by atoms with van der Waals surface area (Å²) in [4.78, 5) is 100. The number of carbonyl (C=O) groups is 10. The first-order valence-electron chi connectivity index (χ1n) is 27.4. The Morgan fingerprint density at radius 2 is 0.436 bits per heavy atom. The lowest BCUT2D eigenvalue weighted by molar-refractivity contribution is -0.364. The molecule has 0 aliphatic rings. The lowest BCUT2D eigenvalue weighted by Crippen LogP contribution is -2.83. The highest BCUT2D eigenvalue weighted by atomic mass is 16.7. The van der Waals surface area contributed by atoms with Gasteiger partial charge in [0.05, 0.1) is 71.1 Å². The summed E-state index contributed by atoms with van der Waals surface area (Å²) in [5.41, 5.74) is -22.4. The van der Waals surface area contributed by atoms with E-state index in [4.69, 9.17) is 69.6 Å². The molecule has 0 radical (unpaired) electrons. The highest BCUT2D eigenvalue weighted by Crippen LogP contribution is 2.62. The minimum atomic E-state index is -3.90. The van der Waals surface area contributed by atoms with Gasteiger partial charge in [-0.3, -0.25) is 0 Å². The number of aliphatic hydroxyl groups excluding tert-OH is 15. The lowest BCUT2D eigenvalue weighted by atomic mass is 9.46. The first-order valence-corrected chi connectivity index (χ1v) is 27.4. The topological polar surface area (TPSA) is 723 Å². The van der Waals surface area contributed by atoms with Crippen LogP contribution in [-0.4, -0.2) is 315 Å². The van der Waals surface area contributed by atoms with E-state index in [1.54, 1.807) is 0 Å². The van der Waals surface area contributed by atoms with Crippen molar-refractivity contribution < 1.29 is 199 Å². The van der Waals surface area contributed by atoms with Gasteiger partial charge in [-0.15, -0.1) is 0 Å². The average molecular weight is 1480 g/mol. The number of ether oxygens (including phenoxy) is 5. The molecule has 101 heavy (non-hydrogen) atoms. The Bertz CT molecular complexity index is 2240. The van der Waals surface area contributed by atoms with E-state index in [-0.39, 0.29) is 50.2 Å². The second kappa shape index (κ2) is 59.0. The molecule has 0 aromatic rings. The van der Waals surface area contributed by atoms with E-state index < -0.39 is 204 Å². The molecule has 0 amide bonds. The van der Waals surface area contributed by atoms with Gasteiger partial charge in [0.15, 0.2) is 0 Å². The zero-order valence-electron chi connectivity index (χ0n) is 57.6. The number of hydrogen-bond donors (Lipinski definition) is 25. The molecule has 0 aliphatic heterocycles. The SMILES string of the molecule is C=C(C)C(=O)O.C=C(C)C(=O)O.C=C(C)C(=O)O.C=C(C)C(=O)O.C=C(C)C(=O)O.C=C(C)C(=O)O.C=C(C)C(=O)O.C=C(C)C(=O)O.C=C(C)C(=O)O.CC(O)C(CO)(OCO)C(C(C(=O)O)=C(C(CO)(CO)OCO)C(CO)(CO)OCO)(C(CO)(CO)OCO)C(CO)(CO)OCO. The van der Waals surface area contributed by atoms with Crippen LogP contribution in [0.4, 0.5) is 0 Å². The van der Waals surface area contributed by atoms with Gasteiger partial charge in [0.1, 0.15) is 67.4 Å². The van der Waals surface area contributed by atoms with Crippen molar-refractivity contribution >= 4 is 59.7 Å². The summed E-state index contributed by atoms with van der Waals surface area (Å²) in [6, 6.07) is 0. The van der Waals surface area contributed by atoms with Crippen molar-refractivity contribution in [2.45, 2.75) is 103 Å². The molecule has 2 unspecified atom stereocenters. The molecule has 0 saturated heterocycles. The minimum Gasteiger partial charge on any atom is -0.478 e. The molecule has 0 rings (SSSR count). The van der Waals surface area contributed by atoms with Crippen LogP contribution < -0.4 is 0 Å². The molecule has 40 heteroatoms. The van der Waals surface area contributed by atoms with Gasteiger partial charge in [-0.05, 0) is 69.2 Å². The van der Waals surface area contributed by atoms with Crippen molar-refractivity contribution in [3.63, 3.8) is 0 Å². The second-order valence-corrected chi connectivity index (χ2v) is 19.9. The van der Waals surface area contributed by atoms with E-state index in [1.165, 1.54) is 62.3 Å². The van der Waals surface area contributed by atoms with Crippen molar-refractivity contribution in [1.82, 2.24) is 0 Å². The monoisotopic (exact) mass is 1470 g/mol. The summed E-state index contributed by atoms with van der Waals surface area (Å²) < 4.78 is 26.1. The van der Waals surface area contributed by atoms with Crippen molar-refractivity contribution in [2.24, 2.45) is 5.41 Å². The first-order chi connectivity index (χ1) is 46.0. The number of hydrogen-bond acceptors (Lipinski definition) is 30. The second-order valence-electron chi connectivity index (χ2n) is 19.9. The lowest BCUT2D eigenvalue weighted by Gasteiger charge is -2.65. The largest absolute Gasteiger partial charge is 0.478 e. The van der Waals surface area contributed by atoms with E-state index in [1.807, 2.05) is 0 Å². The average Bonchev–Trinajstić information content (AvgIpc) is 0.667. The van der Waals surface area contributed by atoms with Crippen molar-refractivity contribution in [3.8, 4) is 0 Å². The Morgan fingerprint density at radius 1 is 0.277 bits per heavy atom. The summed E-state index contributed by atoms with van der Waals surface area (Å²) in [7, 11) is 0. The Labute approximate surface area is 580 Å². The predicted molar refractivity (Wildman–Crippen MR) is 349 cm³/mol. The molecule has 0 spiro atoms. The maximum Gasteiger partial charge on any atom is 0.332 e. The Balaban J connectivity index is -0.000000151. The number of carboxylic acids is 10. The fourth-order valence-corrected chi connectivity index (χ4v) is 6.34. The van der Waals surface area contributed by atoms with Crippen LogP contribution in [-0.2, 0) is 71.6 Å². The highest BCUT2D eigenvalue weighted by molar-refractivity contribution is 5.92. The molecule has 0 aromatic heterocycles. The van der Waals surface area contributed by atoms with E-state index >= 15 is 0 Å². The van der Waals surface area contributed by atoms with Gasteiger partial charge in [0, 0.05) is 55.7 Å². The fourth-order valence-electron chi connectivity index (χ4n) is 6.34. The highest BCUT2D eigenvalue weighted by Gasteiger charge is 2.80. The third-order valence-electron chi connectivity index (χ3n) is 11.7. The Kier molecular flexibility index (Phi) is 66.4. The van der Waals surface area contributed by atoms with Gasteiger partial charge >= 0.3 is 59.7 Å². The normalized spacial score (nSPS) is 11.2. The Morgan fingerprint density at radius 3 is 0.525 bits per heavy atom. The van der Waals surface area contributed by atoms with Crippen molar-refractivity contribution in [3.05, 3.63) is 121 Å². The molecule has 25 N–H and O–H groups in total. The van der Waals surface area contributed by atoms with Crippen LogP contribution in [0.2, 0.25) is 0 Å². The maximum atomic E-state index is 13.8. The molecule has 0 heterocycles. The third-order valence-corrected chi connectivity index (χ3v) is 11.7. The number of aliphatic carboxylic acids is 10. The zero-order chi connectivity index (χ0) is 83.1. The molecule has 0 aliphatic carbocycles. The quantitative estimate of drug-likeness (QED) is 0.0220. The van der Waals surface area contributed by atoms with Crippen LogP contribution in [0, 0.1) is 5.41 Å². The molecule has 0 saturated carbocycles. The maximum absolute atomic E-state index is 13.8. The zero-order valence-corrected chi connectivity index (χ0v) is 57.6. The van der Waals surface area contributed by atoms with Gasteiger partial charge in [-0.25, -0.2) is 47.9 Å². The van der Waals surface area contributed by atoms with E-state index in [9.17, 15) is 130 Å². The third kappa shape index (κ3) is 41.0. The number of aliphatic hydroxyl groups is 15. The number of rotatable bonds is 36. The first kappa shape index (κ1) is 114. The molecule has 586 valence electrons. The van der Waals surface area contributed by atoms with Crippen LogP contribution in [0.25, 0.3) is 0 Å². The molecular weight excluding hydrogens is 1370 g/mol. The summed E-state index contributed by atoms with van der Waals surface area (Å²) >= 11 is 0. The summed E-state index contributed by atoms with van der Waals surface area (Å²) in [6.07, 6.45) is -2.47. The molecular formula is C61H102O40. The summed E-state index contributed by atoms with van der Waals surface area (Å²) in [5, 5.41) is 240. The van der Waals surface area contributed by atoms with Crippen LogP contribution in [0.15, 0.2) is 121 Å². The van der Waals surface area contributed by atoms with Gasteiger partial charge in [-0.2, -0.15) is 0 Å². The van der Waals surface area contributed by atoms with Crippen molar-refractivity contribution in [2.75, 3.05) is 93.4 Å². The molecule has 2 atom stereocenters. The van der Waals surface area contributed by atoms with Crippen LogP contribution in [0.1, 0.15) is 69.2 Å². The summed E-state index contributed by atoms with van der Waals surface area (Å²) in [5.74, 6) is -10.9. The van der Waals surface area contributed by atoms with E-state index in [0.29, 0.717) is 0 Å². The minimum absolute atomic E-state index is 0.176. The molecule has 0 aromatic carbocycles. The van der Waals surface area contributed by atoms with Crippen LogP contribution in [0.3, 0.4) is 0 Å². The van der Waals surface area contributed by atoms with E-state index in [2.05, 4.69) is 59.2 Å². The van der Waals surface area contributed by atoms with Gasteiger partial charge < -0.3 is 151 Å². The predicted octanol–water partition coefficient (Wildman–Crippen LogP) is -2.98. The van der Waals surface area contributed by atoms with Crippen molar-refractivity contribution in [1.29, 1.82) is 0 Å². The van der Waals surface area contributed by atoms with E-state index in [0.717, 1.165) is 6.92 Å². The molecule has 40 nitrogen and oxygen atoms in total. The van der Waals surface area contributed by atoms with Gasteiger partial charge in [0.25, 0.3) is 0 Å². The van der Waals surface area contributed by atoms with Crippen LogP contribution >= 0.6 is 0 Å². The molecule has 0 fully saturated rings. The van der Waals surface area contributed by atoms with Gasteiger partial charge in [0.2, 0.25) is 0 Å². The standard InChI is InChI=1S/C25H48O22.9C4H6O2/c1-16(40)24(10-34,47-15-39)25(22(6-30,7-31)45-13-37,23(8-32,9-33)46-14-38)17(19(41)42)18(20(2-26,3-27)43-11-35)21(4-28,5-29)44-12-36;9*1-3(2)4(5)6/h16,26-40H,2-15H2,1H3,(H,41,42);9*1H2,2H3,(H,5,6). The summed E-state index contributed by atoms with van der Waals surface area (Å²) in [6.45, 7) is 18.6. The fraction of sp³-hybridized carbons (Fsp3) is 0.508. The van der Waals surface area contributed by atoms with Crippen LogP contribution in [0.5, 0.6) is 0 Å².